The van der Waals surface area contributed by atoms with Crippen LogP contribution in [0.4, 0.5) is 11.4 Å². The van der Waals surface area contributed by atoms with E-state index in [2.05, 4.69) is 0 Å². The topological polar surface area (TPSA) is 97.6 Å². The van der Waals surface area contributed by atoms with Crippen molar-refractivity contribution in [1.82, 2.24) is 0 Å². The SMILES string of the molecule is CC(=O)C12c3ccccc3C(c3ccccc31)[C@@H]1C(=O)N(c3ccc(Cl)cc3[N+](=O)[O-])C(=O)[C@@H]12. The molecule has 3 aliphatic carbocycles. The summed E-state index contributed by atoms with van der Waals surface area (Å²) in [6.45, 7) is 1.45. The summed E-state index contributed by atoms with van der Waals surface area (Å²) in [5.41, 5.74) is 1.20. The summed E-state index contributed by atoms with van der Waals surface area (Å²) >= 11 is 5.97. The van der Waals surface area contributed by atoms with Gasteiger partial charge in [0, 0.05) is 17.0 Å². The minimum atomic E-state index is -1.35. The highest BCUT2D eigenvalue weighted by Crippen LogP contribution is 2.64. The Hall–Kier alpha value is -3.84. The Bertz CT molecular complexity index is 1420. The van der Waals surface area contributed by atoms with Gasteiger partial charge in [0.25, 0.3) is 5.69 Å². The van der Waals surface area contributed by atoms with Crippen molar-refractivity contribution in [2.45, 2.75) is 18.3 Å². The molecule has 0 spiro atoms. The predicted octanol–water partition coefficient (Wildman–Crippen LogP) is 4.39. The molecule has 168 valence electrons. The number of halogens is 1. The quantitative estimate of drug-likeness (QED) is 0.320. The largest absolute Gasteiger partial charge is 0.299 e. The fraction of sp³-hybridized carbons (Fsp3) is 0.192. The van der Waals surface area contributed by atoms with Crippen LogP contribution in [0.1, 0.15) is 35.1 Å². The highest BCUT2D eigenvalue weighted by Gasteiger charge is 2.70. The van der Waals surface area contributed by atoms with Gasteiger partial charge in [0.2, 0.25) is 11.8 Å². The number of carbonyl (C=O) groups is 3. The van der Waals surface area contributed by atoms with Crippen LogP contribution in [0.15, 0.2) is 66.7 Å². The van der Waals surface area contributed by atoms with Crippen LogP contribution in [-0.4, -0.2) is 22.5 Å². The minimum absolute atomic E-state index is 0.118. The zero-order valence-electron chi connectivity index (χ0n) is 17.9. The number of rotatable bonds is 3. The molecule has 1 saturated heterocycles. The lowest BCUT2D eigenvalue weighted by Crippen LogP contribution is -2.57. The second-order valence-corrected chi connectivity index (χ2v) is 9.36. The molecule has 7 rings (SSSR count). The lowest BCUT2D eigenvalue weighted by atomic mass is 9.46. The molecule has 4 aliphatic rings. The van der Waals surface area contributed by atoms with E-state index in [1.54, 1.807) is 0 Å². The number of Topliss-reactive ketones (excluding diaryl/α,β-unsaturated/α-hetero) is 1. The monoisotopic (exact) mass is 472 g/mol. The van der Waals surface area contributed by atoms with Crippen LogP contribution in [0.25, 0.3) is 0 Å². The van der Waals surface area contributed by atoms with Crippen LogP contribution in [-0.2, 0) is 19.8 Å². The van der Waals surface area contributed by atoms with Gasteiger partial charge in [-0.3, -0.25) is 24.5 Å². The molecule has 7 nitrogen and oxygen atoms in total. The Morgan fingerprint density at radius 2 is 1.56 bits per heavy atom. The maximum Gasteiger partial charge on any atom is 0.294 e. The number of nitro benzene ring substituents is 1. The molecule has 3 aromatic carbocycles. The van der Waals surface area contributed by atoms with Gasteiger partial charge >= 0.3 is 0 Å². The molecule has 1 aliphatic heterocycles. The van der Waals surface area contributed by atoms with Crippen molar-refractivity contribution in [1.29, 1.82) is 0 Å². The van der Waals surface area contributed by atoms with Gasteiger partial charge in [-0.1, -0.05) is 60.1 Å². The van der Waals surface area contributed by atoms with Gasteiger partial charge in [-0.15, -0.1) is 0 Å². The van der Waals surface area contributed by atoms with Gasteiger partial charge in [0.05, 0.1) is 22.2 Å². The Labute approximate surface area is 199 Å². The molecule has 1 heterocycles. The molecule has 3 aromatic rings. The third kappa shape index (κ3) is 2.29. The van der Waals surface area contributed by atoms with Crippen molar-refractivity contribution in [2.24, 2.45) is 11.8 Å². The number of carbonyl (C=O) groups excluding carboxylic acids is 3. The van der Waals surface area contributed by atoms with Crippen LogP contribution in [0.5, 0.6) is 0 Å². The maximum absolute atomic E-state index is 14.0. The lowest BCUT2D eigenvalue weighted by molar-refractivity contribution is -0.384. The fourth-order valence-corrected chi connectivity index (χ4v) is 6.61. The average Bonchev–Trinajstić information content (AvgIpc) is 3.09. The first-order chi connectivity index (χ1) is 16.3. The second kappa shape index (κ2) is 6.84. The van der Waals surface area contributed by atoms with Crippen molar-refractivity contribution in [3.63, 3.8) is 0 Å². The van der Waals surface area contributed by atoms with Gasteiger partial charge in [0.15, 0.2) is 0 Å². The van der Waals surface area contributed by atoms with E-state index in [0.717, 1.165) is 33.2 Å². The highest BCUT2D eigenvalue weighted by molar-refractivity contribution is 6.31. The first kappa shape index (κ1) is 20.7. The summed E-state index contributed by atoms with van der Waals surface area (Å²) in [5.74, 6) is -3.68. The lowest BCUT2D eigenvalue weighted by Gasteiger charge is -2.52. The first-order valence-electron chi connectivity index (χ1n) is 10.8. The van der Waals surface area contributed by atoms with Crippen molar-refractivity contribution >= 4 is 40.6 Å². The maximum atomic E-state index is 14.0. The second-order valence-electron chi connectivity index (χ2n) is 8.92. The number of nitro groups is 1. The number of hydrogen-bond donors (Lipinski definition) is 0. The molecule has 0 saturated carbocycles. The molecule has 34 heavy (non-hydrogen) atoms. The average molecular weight is 473 g/mol. The molecule has 0 unspecified atom stereocenters. The molecule has 2 amide bonds. The zero-order chi connectivity index (χ0) is 23.9. The molecule has 1 fully saturated rings. The van der Waals surface area contributed by atoms with E-state index in [-0.39, 0.29) is 16.5 Å². The predicted molar refractivity (Wildman–Crippen MR) is 124 cm³/mol. The Balaban J connectivity index is 1.66. The van der Waals surface area contributed by atoms with Crippen LogP contribution in [0.2, 0.25) is 5.02 Å². The Morgan fingerprint density at radius 3 is 2.12 bits per heavy atom. The molecule has 0 N–H and O–H groups in total. The summed E-state index contributed by atoms with van der Waals surface area (Å²) in [4.78, 5) is 53.5. The molecular formula is C26H17ClN2O5. The number of hydrogen-bond acceptors (Lipinski definition) is 5. The molecule has 8 heteroatoms. The van der Waals surface area contributed by atoms with E-state index in [0.29, 0.717) is 0 Å². The van der Waals surface area contributed by atoms with E-state index < -0.39 is 45.6 Å². The molecular weight excluding hydrogens is 456 g/mol. The minimum Gasteiger partial charge on any atom is -0.299 e. The van der Waals surface area contributed by atoms with E-state index in [1.165, 1.54) is 19.1 Å². The molecule has 0 aromatic heterocycles. The third-order valence-corrected chi connectivity index (χ3v) is 7.78. The number of ketones is 1. The molecule has 0 radical (unpaired) electrons. The van der Waals surface area contributed by atoms with E-state index in [1.807, 2.05) is 48.5 Å². The number of amides is 2. The standard InChI is InChI=1S/C26H17ClN2O5/c1-13(30)26-17-8-4-2-6-15(17)21(16-7-3-5-9-18(16)26)22-23(26)25(32)28(24(22)31)19-11-10-14(27)12-20(19)29(33)34/h2-12,21-23H,1H3/t21?,22-,23+,26?/m0/s1. The smallest absolute Gasteiger partial charge is 0.294 e. The highest BCUT2D eigenvalue weighted by atomic mass is 35.5. The van der Waals surface area contributed by atoms with Gasteiger partial charge in [-0.25, -0.2) is 4.90 Å². The fourth-order valence-electron chi connectivity index (χ4n) is 6.44. The Kier molecular flexibility index (Phi) is 4.17. The zero-order valence-corrected chi connectivity index (χ0v) is 18.7. The molecule has 2 atom stereocenters. The summed E-state index contributed by atoms with van der Waals surface area (Å²) in [6.07, 6.45) is 0. The van der Waals surface area contributed by atoms with Gasteiger partial charge in [-0.05, 0) is 41.3 Å². The van der Waals surface area contributed by atoms with Gasteiger partial charge in [-0.2, -0.15) is 0 Å². The van der Waals surface area contributed by atoms with Crippen molar-refractivity contribution < 1.29 is 19.3 Å². The third-order valence-electron chi connectivity index (χ3n) is 7.55. The van der Waals surface area contributed by atoms with E-state index in [4.69, 9.17) is 11.6 Å². The van der Waals surface area contributed by atoms with E-state index >= 15 is 0 Å². The van der Waals surface area contributed by atoms with Crippen molar-refractivity contribution in [2.75, 3.05) is 4.90 Å². The van der Waals surface area contributed by atoms with E-state index in [9.17, 15) is 24.5 Å². The van der Waals surface area contributed by atoms with Gasteiger partial charge in [0.1, 0.15) is 11.5 Å². The number of benzene rings is 3. The van der Waals surface area contributed by atoms with Crippen LogP contribution in [0, 0.1) is 22.0 Å². The summed E-state index contributed by atoms with van der Waals surface area (Å²) in [7, 11) is 0. The molecule has 2 bridgehead atoms. The summed E-state index contributed by atoms with van der Waals surface area (Å²) in [5, 5.41) is 11.9. The van der Waals surface area contributed by atoms with Gasteiger partial charge < -0.3 is 0 Å². The van der Waals surface area contributed by atoms with Crippen LogP contribution >= 0.6 is 11.6 Å². The number of nitrogens with zero attached hydrogens (tertiary/aromatic N) is 2. The van der Waals surface area contributed by atoms with Crippen molar-refractivity contribution in [3.8, 4) is 0 Å². The van der Waals surface area contributed by atoms with Crippen LogP contribution < -0.4 is 4.90 Å². The number of anilines is 1. The van der Waals surface area contributed by atoms with Crippen molar-refractivity contribution in [3.05, 3.63) is 104 Å². The normalized spacial score (nSPS) is 26.2. The summed E-state index contributed by atoms with van der Waals surface area (Å²) in [6, 6.07) is 18.7. The number of imide groups is 1. The summed E-state index contributed by atoms with van der Waals surface area (Å²) < 4.78 is 0. The Morgan fingerprint density at radius 1 is 0.971 bits per heavy atom. The van der Waals surface area contributed by atoms with Crippen LogP contribution in [0.3, 0.4) is 0 Å². The first-order valence-corrected chi connectivity index (χ1v) is 11.2.